The number of carbonyl (C=O) groups excluding carboxylic acids is 1. The van der Waals surface area contributed by atoms with E-state index in [1.807, 2.05) is 6.92 Å². The molecule has 1 aliphatic heterocycles. The molecule has 5 heteroatoms. The molecule has 0 aromatic rings. The second-order valence-electron chi connectivity index (χ2n) is 5.95. The second kappa shape index (κ2) is 8.25. The second-order valence-corrected chi connectivity index (χ2v) is 5.95. The lowest BCUT2D eigenvalue weighted by Gasteiger charge is -2.34. The third-order valence-electron chi connectivity index (χ3n) is 4.09. The molecule has 0 aromatic carbocycles. The first kappa shape index (κ1) is 17.0. The van der Waals surface area contributed by atoms with Crippen molar-refractivity contribution in [3.8, 4) is 0 Å². The van der Waals surface area contributed by atoms with Crippen LogP contribution >= 0.6 is 0 Å². The third-order valence-corrected chi connectivity index (χ3v) is 4.09. The zero-order chi connectivity index (χ0) is 15.1. The van der Waals surface area contributed by atoms with E-state index in [4.69, 9.17) is 5.11 Å². The van der Waals surface area contributed by atoms with Crippen molar-refractivity contribution in [2.45, 2.75) is 65.0 Å². The van der Waals surface area contributed by atoms with E-state index in [2.05, 4.69) is 24.1 Å². The summed E-state index contributed by atoms with van der Waals surface area (Å²) in [5.41, 5.74) is 0. The van der Waals surface area contributed by atoms with Gasteiger partial charge in [0.25, 0.3) is 0 Å². The molecule has 0 unspecified atom stereocenters. The average Bonchev–Trinajstić information content (AvgIpc) is 2.42. The molecule has 5 nitrogen and oxygen atoms in total. The number of aliphatic carboxylic acids is 1. The van der Waals surface area contributed by atoms with Crippen molar-refractivity contribution in [1.82, 2.24) is 10.2 Å². The highest BCUT2D eigenvalue weighted by Gasteiger charge is 2.28. The van der Waals surface area contributed by atoms with Crippen molar-refractivity contribution in [2.75, 3.05) is 13.1 Å². The highest BCUT2D eigenvalue weighted by atomic mass is 16.4. The molecular weight excluding hydrogens is 256 g/mol. The molecule has 116 valence electrons. The highest BCUT2D eigenvalue weighted by molar-refractivity contribution is 5.85. The van der Waals surface area contributed by atoms with Gasteiger partial charge in [-0.1, -0.05) is 19.8 Å². The van der Waals surface area contributed by atoms with Crippen LogP contribution in [0.1, 0.15) is 52.9 Å². The minimum Gasteiger partial charge on any atom is -0.480 e. The van der Waals surface area contributed by atoms with E-state index in [1.165, 1.54) is 0 Å². The number of carbonyl (C=O) groups is 2. The van der Waals surface area contributed by atoms with E-state index in [1.54, 1.807) is 0 Å². The average molecular weight is 284 g/mol. The molecule has 1 rings (SSSR count). The SMILES string of the molecule is CCCC[C@H](NC(=O)C1CCN(C(C)C)CC1)C(=O)O. The first-order valence-corrected chi connectivity index (χ1v) is 7.73. The van der Waals surface area contributed by atoms with Crippen molar-refractivity contribution in [2.24, 2.45) is 5.92 Å². The molecule has 0 spiro atoms. The summed E-state index contributed by atoms with van der Waals surface area (Å²) in [6.07, 6.45) is 3.92. The quantitative estimate of drug-likeness (QED) is 0.749. The number of rotatable bonds is 7. The highest BCUT2D eigenvalue weighted by Crippen LogP contribution is 2.19. The maximum Gasteiger partial charge on any atom is 0.326 e. The van der Waals surface area contributed by atoms with Crippen LogP contribution in [0.25, 0.3) is 0 Å². The van der Waals surface area contributed by atoms with Gasteiger partial charge in [-0.15, -0.1) is 0 Å². The minimum atomic E-state index is -0.925. The molecule has 1 atom stereocenters. The molecule has 2 N–H and O–H groups in total. The molecule has 1 amide bonds. The summed E-state index contributed by atoms with van der Waals surface area (Å²) >= 11 is 0. The number of amides is 1. The first-order chi connectivity index (χ1) is 9.45. The van der Waals surface area contributed by atoms with Crippen molar-refractivity contribution in [3.63, 3.8) is 0 Å². The molecule has 1 fully saturated rings. The Kier molecular flexibility index (Phi) is 6.99. The molecule has 0 aromatic heterocycles. The van der Waals surface area contributed by atoms with Gasteiger partial charge in [-0.3, -0.25) is 4.79 Å². The number of unbranched alkanes of at least 4 members (excludes halogenated alkanes) is 1. The van der Waals surface area contributed by atoms with Crippen molar-refractivity contribution >= 4 is 11.9 Å². The smallest absolute Gasteiger partial charge is 0.326 e. The molecule has 0 saturated carbocycles. The van der Waals surface area contributed by atoms with Crippen molar-refractivity contribution in [1.29, 1.82) is 0 Å². The molecule has 0 radical (unpaired) electrons. The Morgan fingerprint density at radius 2 is 1.90 bits per heavy atom. The number of piperidine rings is 1. The van der Waals surface area contributed by atoms with E-state index in [0.29, 0.717) is 12.5 Å². The number of hydrogen-bond donors (Lipinski definition) is 2. The summed E-state index contributed by atoms with van der Waals surface area (Å²) < 4.78 is 0. The van der Waals surface area contributed by atoms with Gasteiger partial charge in [-0.25, -0.2) is 4.79 Å². The lowest BCUT2D eigenvalue weighted by Crippen LogP contribution is -2.47. The fourth-order valence-corrected chi connectivity index (χ4v) is 2.63. The van der Waals surface area contributed by atoms with Gasteiger partial charge >= 0.3 is 5.97 Å². The number of likely N-dealkylation sites (tertiary alicyclic amines) is 1. The normalized spacial score (nSPS) is 19.0. The van der Waals surface area contributed by atoms with Crippen molar-refractivity contribution < 1.29 is 14.7 Å². The van der Waals surface area contributed by atoms with Crippen molar-refractivity contribution in [3.05, 3.63) is 0 Å². The molecule has 0 bridgehead atoms. The Morgan fingerprint density at radius 1 is 1.30 bits per heavy atom. The Bertz CT molecular complexity index is 323. The van der Waals surface area contributed by atoms with Crippen LogP contribution in [0.4, 0.5) is 0 Å². The lowest BCUT2D eigenvalue weighted by molar-refractivity contribution is -0.143. The fraction of sp³-hybridized carbons (Fsp3) is 0.867. The number of carboxylic acids is 1. The van der Waals surface area contributed by atoms with E-state index in [9.17, 15) is 9.59 Å². The molecule has 0 aliphatic carbocycles. The number of hydrogen-bond acceptors (Lipinski definition) is 3. The van der Waals surface area contributed by atoms with Gasteiger partial charge in [-0.2, -0.15) is 0 Å². The van der Waals surface area contributed by atoms with Gasteiger partial charge in [0.2, 0.25) is 5.91 Å². The van der Waals surface area contributed by atoms with Crippen LogP contribution in [0.15, 0.2) is 0 Å². The monoisotopic (exact) mass is 284 g/mol. The van der Waals surface area contributed by atoms with E-state index in [0.717, 1.165) is 38.8 Å². The van der Waals surface area contributed by atoms with Crippen LogP contribution in [0.3, 0.4) is 0 Å². The molecule has 1 saturated heterocycles. The zero-order valence-corrected chi connectivity index (χ0v) is 12.9. The van der Waals surface area contributed by atoms with E-state index < -0.39 is 12.0 Å². The minimum absolute atomic E-state index is 0.0338. The van der Waals surface area contributed by atoms with Gasteiger partial charge in [0, 0.05) is 12.0 Å². The summed E-state index contributed by atoms with van der Waals surface area (Å²) in [6, 6.07) is -0.221. The van der Waals surface area contributed by atoms with Gasteiger partial charge in [0.1, 0.15) is 6.04 Å². The zero-order valence-electron chi connectivity index (χ0n) is 12.9. The van der Waals surface area contributed by atoms with Gasteiger partial charge in [-0.05, 0) is 46.2 Å². The largest absolute Gasteiger partial charge is 0.480 e. The fourth-order valence-electron chi connectivity index (χ4n) is 2.63. The maximum atomic E-state index is 12.2. The predicted octanol–water partition coefficient (Wildman–Crippen LogP) is 1.87. The van der Waals surface area contributed by atoms with E-state index >= 15 is 0 Å². The molecule has 1 heterocycles. The van der Waals surface area contributed by atoms with Crippen LogP contribution in [0, 0.1) is 5.92 Å². The summed E-state index contributed by atoms with van der Waals surface area (Å²) in [7, 11) is 0. The lowest BCUT2D eigenvalue weighted by atomic mass is 9.94. The van der Waals surface area contributed by atoms with Gasteiger partial charge < -0.3 is 15.3 Å². The maximum absolute atomic E-state index is 12.2. The van der Waals surface area contributed by atoms with Crippen LogP contribution < -0.4 is 5.32 Å². The van der Waals surface area contributed by atoms with Gasteiger partial charge in [0.05, 0.1) is 0 Å². The summed E-state index contributed by atoms with van der Waals surface area (Å²) in [5, 5.41) is 11.8. The Labute approximate surface area is 121 Å². The molecule has 20 heavy (non-hydrogen) atoms. The molecular formula is C15H28N2O3. The van der Waals surface area contributed by atoms with Gasteiger partial charge in [0.15, 0.2) is 0 Å². The standard InChI is InChI=1S/C15H28N2O3/c1-4-5-6-13(15(19)20)16-14(18)12-7-9-17(10-8-12)11(2)3/h11-13H,4-10H2,1-3H3,(H,16,18)(H,19,20)/t13-/m0/s1. The molecule has 1 aliphatic rings. The topological polar surface area (TPSA) is 69.6 Å². The third kappa shape index (κ3) is 5.12. The summed E-state index contributed by atoms with van der Waals surface area (Å²) in [4.78, 5) is 25.7. The Balaban J connectivity index is 2.43. The number of nitrogens with zero attached hydrogens (tertiary/aromatic N) is 1. The van der Waals surface area contributed by atoms with Crippen LogP contribution in [0.2, 0.25) is 0 Å². The Morgan fingerprint density at radius 3 is 2.35 bits per heavy atom. The summed E-state index contributed by atoms with van der Waals surface area (Å²) in [5.74, 6) is -1.04. The number of nitrogens with one attached hydrogen (secondary N) is 1. The van der Waals surface area contributed by atoms with Crippen LogP contribution in [-0.4, -0.2) is 47.1 Å². The van der Waals surface area contributed by atoms with Crippen LogP contribution in [-0.2, 0) is 9.59 Å². The Hall–Kier alpha value is -1.10. The number of carboxylic acid groups (broad SMARTS) is 1. The van der Waals surface area contributed by atoms with E-state index in [-0.39, 0.29) is 11.8 Å². The summed E-state index contributed by atoms with van der Waals surface area (Å²) in [6.45, 7) is 8.17. The first-order valence-electron chi connectivity index (χ1n) is 7.73. The van der Waals surface area contributed by atoms with Crippen LogP contribution in [0.5, 0.6) is 0 Å². The predicted molar refractivity (Wildman–Crippen MR) is 78.5 cm³/mol.